The molecule has 5 heteroatoms. The summed E-state index contributed by atoms with van der Waals surface area (Å²) in [6.07, 6.45) is 0. The normalized spacial score (nSPS) is 15.4. The van der Waals surface area contributed by atoms with Gasteiger partial charge in [0.05, 0.1) is 20.0 Å². The maximum atomic E-state index is 13.9. The molecule has 116 valence electrons. The zero-order chi connectivity index (χ0) is 15.9. The molecule has 0 amide bonds. The molecule has 0 saturated carbocycles. The fourth-order valence-electron chi connectivity index (χ4n) is 2.18. The highest BCUT2D eigenvalue weighted by molar-refractivity contribution is 14.1. The van der Waals surface area contributed by atoms with Gasteiger partial charge >= 0.3 is 0 Å². The zero-order valence-corrected chi connectivity index (χ0v) is 16.0. The van der Waals surface area contributed by atoms with Crippen LogP contribution in [0, 0.1) is 20.7 Å². The standard InChI is InChI=1S/C16H21ClFIN2/c1-9(16(3,4)5)8-21-14-6-11(18)12(19)7-13(14)20-15(21)10(2)17/h6-7,9-10H,8H2,1-5H3. The van der Waals surface area contributed by atoms with Crippen LogP contribution in [-0.2, 0) is 6.54 Å². The van der Waals surface area contributed by atoms with Crippen LogP contribution in [-0.4, -0.2) is 9.55 Å². The Bertz CT molecular complexity index is 658. The summed E-state index contributed by atoms with van der Waals surface area (Å²) in [6.45, 7) is 11.5. The molecule has 0 bridgehead atoms. The van der Waals surface area contributed by atoms with E-state index in [0.717, 1.165) is 23.4 Å². The topological polar surface area (TPSA) is 17.8 Å². The smallest absolute Gasteiger partial charge is 0.138 e. The molecule has 2 aromatic rings. The molecule has 1 aromatic heterocycles. The summed E-state index contributed by atoms with van der Waals surface area (Å²) in [4.78, 5) is 4.61. The van der Waals surface area contributed by atoms with Crippen LogP contribution in [0.15, 0.2) is 12.1 Å². The van der Waals surface area contributed by atoms with Gasteiger partial charge < -0.3 is 4.57 Å². The second-order valence-corrected chi connectivity index (χ2v) is 8.54. The van der Waals surface area contributed by atoms with Gasteiger partial charge in [0, 0.05) is 12.6 Å². The molecule has 0 fully saturated rings. The molecular formula is C16H21ClFIN2. The monoisotopic (exact) mass is 422 g/mol. The predicted molar refractivity (Wildman–Crippen MR) is 95.3 cm³/mol. The van der Waals surface area contributed by atoms with E-state index in [1.165, 1.54) is 0 Å². The second kappa shape index (κ2) is 6.03. The number of hydrogen-bond acceptors (Lipinski definition) is 1. The maximum absolute atomic E-state index is 13.9. The van der Waals surface area contributed by atoms with Crippen molar-refractivity contribution in [1.29, 1.82) is 0 Å². The lowest BCUT2D eigenvalue weighted by molar-refractivity contribution is 0.233. The number of aromatic nitrogens is 2. The Morgan fingerprint density at radius 2 is 1.95 bits per heavy atom. The molecule has 0 saturated heterocycles. The van der Waals surface area contributed by atoms with Crippen molar-refractivity contribution in [3.8, 4) is 0 Å². The summed E-state index contributed by atoms with van der Waals surface area (Å²) in [5, 5.41) is -0.203. The third-order valence-corrected chi connectivity index (χ3v) is 5.13. The summed E-state index contributed by atoms with van der Waals surface area (Å²) in [5.41, 5.74) is 1.81. The SMILES string of the molecule is CC(Cl)c1nc2cc(I)c(F)cc2n1CC(C)C(C)(C)C. The summed E-state index contributed by atoms with van der Waals surface area (Å²) >= 11 is 8.27. The van der Waals surface area contributed by atoms with Gasteiger partial charge in [0.2, 0.25) is 0 Å². The molecule has 2 unspecified atom stereocenters. The highest BCUT2D eigenvalue weighted by Gasteiger charge is 2.24. The van der Waals surface area contributed by atoms with Crippen molar-refractivity contribution in [3.05, 3.63) is 27.3 Å². The molecule has 0 radical (unpaired) electrons. The lowest BCUT2D eigenvalue weighted by atomic mass is 9.82. The predicted octanol–water partition coefficient (Wildman–Crippen LogP) is 5.76. The number of alkyl halides is 1. The van der Waals surface area contributed by atoms with E-state index in [2.05, 4.69) is 37.2 Å². The van der Waals surface area contributed by atoms with Gasteiger partial charge in [0.1, 0.15) is 11.6 Å². The first kappa shape index (κ1) is 17.0. The van der Waals surface area contributed by atoms with Crippen molar-refractivity contribution in [1.82, 2.24) is 9.55 Å². The molecule has 1 heterocycles. The molecule has 0 aliphatic heterocycles. The van der Waals surface area contributed by atoms with Crippen molar-refractivity contribution < 1.29 is 4.39 Å². The Hall–Kier alpha value is -0.360. The van der Waals surface area contributed by atoms with Gasteiger partial charge in [-0.05, 0) is 46.9 Å². The van der Waals surface area contributed by atoms with Gasteiger partial charge in [-0.25, -0.2) is 9.37 Å². The van der Waals surface area contributed by atoms with Gasteiger partial charge in [-0.1, -0.05) is 27.7 Å². The number of imidazole rings is 1. The number of rotatable bonds is 3. The average molecular weight is 423 g/mol. The Morgan fingerprint density at radius 1 is 1.33 bits per heavy atom. The van der Waals surface area contributed by atoms with E-state index in [-0.39, 0.29) is 16.6 Å². The third kappa shape index (κ3) is 3.52. The van der Waals surface area contributed by atoms with Crippen molar-refractivity contribution in [2.45, 2.75) is 46.5 Å². The highest BCUT2D eigenvalue weighted by atomic mass is 127. The molecule has 0 spiro atoms. The number of fused-ring (bicyclic) bond motifs is 1. The Labute approximate surface area is 144 Å². The molecule has 21 heavy (non-hydrogen) atoms. The quantitative estimate of drug-likeness (QED) is 0.454. The number of halogens is 3. The lowest BCUT2D eigenvalue weighted by Crippen LogP contribution is -2.23. The zero-order valence-electron chi connectivity index (χ0n) is 13.0. The molecule has 0 aliphatic rings. The number of nitrogens with zero attached hydrogens (tertiary/aromatic N) is 2. The maximum Gasteiger partial charge on any atom is 0.138 e. The minimum Gasteiger partial charge on any atom is -0.326 e. The second-order valence-electron chi connectivity index (χ2n) is 6.72. The van der Waals surface area contributed by atoms with Crippen LogP contribution in [0.3, 0.4) is 0 Å². The van der Waals surface area contributed by atoms with Crippen molar-refractivity contribution in [3.63, 3.8) is 0 Å². The Balaban J connectivity index is 2.58. The summed E-state index contributed by atoms with van der Waals surface area (Å²) in [5.74, 6) is 1.03. The van der Waals surface area contributed by atoms with Crippen LogP contribution >= 0.6 is 34.2 Å². The van der Waals surface area contributed by atoms with E-state index >= 15 is 0 Å². The summed E-state index contributed by atoms with van der Waals surface area (Å²) in [6, 6.07) is 3.36. The van der Waals surface area contributed by atoms with Crippen LogP contribution in [0.4, 0.5) is 4.39 Å². The van der Waals surface area contributed by atoms with E-state index in [9.17, 15) is 4.39 Å². The van der Waals surface area contributed by atoms with Crippen LogP contribution in [0.1, 0.15) is 45.8 Å². The molecule has 2 atom stereocenters. The largest absolute Gasteiger partial charge is 0.326 e. The fraction of sp³-hybridized carbons (Fsp3) is 0.562. The molecule has 2 nitrogen and oxygen atoms in total. The minimum absolute atomic E-state index is 0.172. The fourth-order valence-corrected chi connectivity index (χ4v) is 2.80. The first-order valence-corrected chi connectivity index (χ1v) is 8.62. The lowest BCUT2D eigenvalue weighted by Gasteiger charge is -2.28. The van der Waals surface area contributed by atoms with Gasteiger partial charge in [-0.15, -0.1) is 11.6 Å². The Kier molecular flexibility index (Phi) is 4.88. The van der Waals surface area contributed by atoms with E-state index in [0.29, 0.717) is 9.49 Å². The van der Waals surface area contributed by atoms with E-state index < -0.39 is 0 Å². The first-order valence-electron chi connectivity index (χ1n) is 7.10. The Morgan fingerprint density at radius 3 is 2.48 bits per heavy atom. The van der Waals surface area contributed by atoms with Gasteiger partial charge in [-0.3, -0.25) is 0 Å². The van der Waals surface area contributed by atoms with Crippen molar-refractivity contribution >= 4 is 45.2 Å². The van der Waals surface area contributed by atoms with Crippen LogP contribution in [0.2, 0.25) is 0 Å². The molecule has 0 aliphatic carbocycles. The molecular weight excluding hydrogens is 402 g/mol. The van der Waals surface area contributed by atoms with E-state index in [4.69, 9.17) is 11.6 Å². The molecule has 1 aromatic carbocycles. The van der Waals surface area contributed by atoms with E-state index in [1.807, 2.05) is 29.5 Å². The summed E-state index contributed by atoms with van der Waals surface area (Å²) in [7, 11) is 0. The number of hydrogen-bond donors (Lipinski definition) is 0. The van der Waals surface area contributed by atoms with Crippen molar-refractivity contribution in [2.24, 2.45) is 11.3 Å². The molecule has 0 N–H and O–H groups in total. The van der Waals surface area contributed by atoms with Crippen LogP contribution < -0.4 is 0 Å². The minimum atomic E-state index is -0.207. The van der Waals surface area contributed by atoms with Crippen LogP contribution in [0.25, 0.3) is 11.0 Å². The van der Waals surface area contributed by atoms with Gasteiger partial charge in [0.15, 0.2) is 0 Å². The highest BCUT2D eigenvalue weighted by Crippen LogP contribution is 2.32. The van der Waals surface area contributed by atoms with Gasteiger partial charge in [-0.2, -0.15) is 0 Å². The third-order valence-electron chi connectivity index (χ3n) is 4.11. The number of benzene rings is 1. The first-order chi connectivity index (χ1) is 9.61. The average Bonchev–Trinajstić information content (AvgIpc) is 2.67. The van der Waals surface area contributed by atoms with Crippen molar-refractivity contribution in [2.75, 3.05) is 0 Å². The summed E-state index contributed by atoms with van der Waals surface area (Å²) < 4.78 is 16.6. The van der Waals surface area contributed by atoms with Gasteiger partial charge in [0.25, 0.3) is 0 Å². The van der Waals surface area contributed by atoms with E-state index in [1.54, 1.807) is 12.1 Å². The van der Waals surface area contributed by atoms with Crippen LogP contribution in [0.5, 0.6) is 0 Å². The molecule has 2 rings (SSSR count).